The molecule has 3 aromatic rings. The number of fused-ring (bicyclic) bond motifs is 1. The van der Waals surface area contributed by atoms with Crippen molar-refractivity contribution in [2.24, 2.45) is 0 Å². The number of furan rings is 1. The third kappa shape index (κ3) is 2.68. The minimum Gasteiger partial charge on any atom is -0.457 e. The van der Waals surface area contributed by atoms with Gasteiger partial charge in [0, 0.05) is 16.1 Å². The highest BCUT2D eigenvalue weighted by Gasteiger charge is 2.27. The number of benzene rings is 2. The summed E-state index contributed by atoms with van der Waals surface area (Å²) in [7, 11) is 0. The number of allylic oxidation sites excluding steroid dienone is 1. The van der Waals surface area contributed by atoms with Crippen molar-refractivity contribution in [1.29, 1.82) is 0 Å². The van der Waals surface area contributed by atoms with Crippen LogP contribution in [0.15, 0.2) is 69.2 Å². The van der Waals surface area contributed by atoms with Gasteiger partial charge < -0.3 is 9.15 Å². The molecular formula is C19H10BrClO3. The third-order valence-electron chi connectivity index (χ3n) is 3.67. The Morgan fingerprint density at radius 1 is 1.00 bits per heavy atom. The van der Waals surface area contributed by atoms with Crippen LogP contribution in [0.3, 0.4) is 0 Å². The van der Waals surface area contributed by atoms with Crippen LogP contribution in [0.4, 0.5) is 0 Å². The Kier molecular flexibility index (Phi) is 3.79. The maximum Gasteiger partial charge on any atom is 0.232 e. The second-order valence-electron chi connectivity index (χ2n) is 5.26. The molecule has 0 atom stereocenters. The van der Waals surface area contributed by atoms with Crippen molar-refractivity contribution in [3.8, 4) is 17.1 Å². The number of hydrogen-bond acceptors (Lipinski definition) is 3. The van der Waals surface area contributed by atoms with Gasteiger partial charge in [-0.05, 0) is 42.5 Å². The molecule has 1 aliphatic rings. The zero-order valence-corrected chi connectivity index (χ0v) is 14.6. The summed E-state index contributed by atoms with van der Waals surface area (Å²) in [4.78, 5) is 12.4. The fourth-order valence-electron chi connectivity index (χ4n) is 2.53. The fraction of sp³-hybridized carbons (Fsp3) is 0. The van der Waals surface area contributed by atoms with Gasteiger partial charge in [0.1, 0.15) is 17.3 Å². The summed E-state index contributed by atoms with van der Waals surface area (Å²) in [5.74, 6) is 1.79. The highest BCUT2D eigenvalue weighted by Crippen LogP contribution is 2.35. The minimum atomic E-state index is -0.165. The third-order valence-corrected chi connectivity index (χ3v) is 4.49. The SMILES string of the molecule is O=C1/C(=C/c2ccc(-c3ccccc3Cl)o2)Oc2ccc(Br)cc21. The lowest BCUT2D eigenvalue weighted by Gasteiger charge is -1.99. The minimum absolute atomic E-state index is 0.165. The van der Waals surface area contributed by atoms with Crippen LogP contribution in [0.5, 0.6) is 5.75 Å². The predicted molar refractivity (Wildman–Crippen MR) is 96.2 cm³/mol. The van der Waals surface area contributed by atoms with E-state index in [4.69, 9.17) is 20.8 Å². The average Bonchev–Trinajstić information content (AvgIpc) is 3.15. The van der Waals surface area contributed by atoms with Crippen molar-refractivity contribution in [3.63, 3.8) is 0 Å². The topological polar surface area (TPSA) is 39.4 Å². The smallest absolute Gasteiger partial charge is 0.232 e. The van der Waals surface area contributed by atoms with Gasteiger partial charge in [-0.15, -0.1) is 0 Å². The van der Waals surface area contributed by atoms with Crippen molar-refractivity contribution in [2.45, 2.75) is 0 Å². The van der Waals surface area contributed by atoms with Crippen LogP contribution in [0.2, 0.25) is 5.02 Å². The quantitative estimate of drug-likeness (QED) is 0.496. The highest BCUT2D eigenvalue weighted by atomic mass is 79.9. The molecule has 118 valence electrons. The van der Waals surface area contributed by atoms with Crippen molar-refractivity contribution in [2.75, 3.05) is 0 Å². The summed E-state index contributed by atoms with van der Waals surface area (Å²) in [5, 5.41) is 0.608. The van der Waals surface area contributed by atoms with Crippen LogP contribution >= 0.6 is 27.5 Å². The molecule has 0 saturated heterocycles. The van der Waals surface area contributed by atoms with E-state index in [0.29, 0.717) is 27.9 Å². The second-order valence-corrected chi connectivity index (χ2v) is 6.58. The number of carbonyl (C=O) groups is 1. The molecule has 24 heavy (non-hydrogen) atoms. The number of carbonyl (C=O) groups excluding carboxylic acids is 1. The molecule has 0 bridgehead atoms. The molecule has 1 aliphatic heterocycles. The van der Waals surface area contributed by atoms with E-state index >= 15 is 0 Å². The number of ketones is 1. The molecule has 5 heteroatoms. The number of rotatable bonds is 2. The molecule has 0 fully saturated rings. The van der Waals surface area contributed by atoms with E-state index in [9.17, 15) is 4.79 Å². The summed E-state index contributed by atoms with van der Waals surface area (Å²) in [6, 6.07) is 16.4. The molecule has 0 N–H and O–H groups in total. The van der Waals surface area contributed by atoms with Gasteiger partial charge in [0.2, 0.25) is 5.78 Å². The molecular weight excluding hydrogens is 392 g/mol. The summed E-state index contributed by atoms with van der Waals surface area (Å²) in [6.07, 6.45) is 1.59. The second kappa shape index (κ2) is 5.96. The Hall–Kier alpha value is -2.30. The van der Waals surface area contributed by atoms with Crippen LogP contribution < -0.4 is 4.74 Å². The first-order valence-electron chi connectivity index (χ1n) is 7.20. The van der Waals surface area contributed by atoms with E-state index in [2.05, 4.69) is 15.9 Å². The summed E-state index contributed by atoms with van der Waals surface area (Å²) in [5.41, 5.74) is 1.34. The van der Waals surface area contributed by atoms with E-state index < -0.39 is 0 Å². The van der Waals surface area contributed by atoms with Gasteiger partial charge in [0.25, 0.3) is 0 Å². The van der Waals surface area contributed by atoms with Crippen molar-refractivity contribution in [3.05, 3.63) is 81.2 Å². The summed E-state index contributed by atoms with van der Waals surface area (Å²) < 4.78 is 12.2. The van der Waals surface area contributed by atoms with Gasteiger partial charge in [-0.1, -0.05) is 39.7 Å². The molecule has 0 radical (unpaired) electrons. The van der Waals surface area contributed by atoms with Crippen LogP contribution in [0.25, 0.3) is 17.4 Å². The molecule has 0 spiro atoms. The number of halogens is 2. The molecule has 0 aliphatic carbocycles. The molecule has 2 aromatic carbocycles. The van der Waals surface area contributed by atoms with E-state index in [1.54, 1.807) is 30.3 Å². The zero-order chi connectivity index (χ0) is 16.7. The molecule has 4 rings (SSSR count). The van der Waals surface area contributed by atoms with Crippen LogP contribution in [0.1, 0.15) is 16.1 Å². The molecule has 0 saturated carbocycles. The van der Waals surface area contributed by atoms with Gasteiger partial charge >= 0.3 is 0 Å². The van der Waals surface area contributed by atoms with Crippen molar-refractivity contribution in [1.82, 2.24) is 0 Å². The molecule has 0 unspecified atom stereocenters. The Bertz CT molecular complexity index is 988. The average molecular weight is 402 g/mol. The van der Waals surface area contributed by atoms with Gasteiger partial charge in [0.15, 0.2) is 5.76 Å². The normalized spacial score (nSPS) is 14.8. The standard InChI is InChI=1S/C19H10BrClO3/c20-11-5-7-17-14(9-11)19(22)18(24-17)10-12-6-8-16(23-12)13-3-1-2-4-15(13)21/h1-10H/b18-10-. The van der Waals surface area contributed by atoms with Crippen LogP contribution in [-0.4, -0.2) is 5.78 Å². The fourth-order valence-corrected chi connectivity index (χ4v) is 3.12. The van der Waals surface area contributed by atoms with Crippen molar-refractivity contribution >= 4 is 39.4 Å². The number of ether oxygens (including phenoxy) is 1. The zero-order valence-electron chi connectivity index (χ0n) is 12.3. The molecule has 2 heterocycles. The predicted octanol–water partition coefficient (Wildman–Crippen LogP) is 5.98. The Morgan fingerprint density at radius 2 is 1.83 bits per heavy atom. The van der Waals surface area contributed by atoms with Gasteiger partial charge in [-0.3, -0.25) is 4.79 Å². The Balaban J connectivity index is 1.66. The Labute approximate surface area is 151 Å². The van der Waals surface area contributed by atoms with Gasteiger partial charge in [-0.2, -0.15) is 0 Å². The molecule has 3 nitrogen and oxygen atoms in total. The lowest BCUT2D eigenvalue weighted by molar-refractivity contribution is 0.101. The van der Waals surface area contributed by atoms with E-state index in [1.807, 2.05) is 30.3 Å². The number of hydrogen-bond donors (Lipinski definition) is 0. The van der Waals surface area contributed by atoms with Gasteiger partial charge in [0.05, 0.1) is 10.6 Å². The Morgan fingerprint density at radius 3 is 2.67 bits per heavy atom. The van der Waals surface area contributed by atoms with Crippen LogP contribution in [0, 0.1) is 0 Å². The van der Waals surface area contributed by atoms with Crippen molar-refractivity contribution < 1.29 is 13.9 Å². The largest absolute Gasteiger partial charge is 0.457 e. The lowest BCUT2D eigenvalue weighted by Crippen LogP contribution is -1.97. The van der Waals surface area contributed by atoms with Crippen LogP contribution in [-0.2, 0) is 0 Å². The molecule has 0 amide bonds. The first-order valence-corrected chi connectivity index (χ1v) is 8.37. The maximum absolute atomic E-state index is 12.4. The summed E-state index contributed by atoms with van der Waals surface area (Å²) >= 11 is 9.54. The van der Waals surface area contributed by atoms with E-state index in [-0.39, 0.29) is 11.5 Å². The highest BCUT2D eigenvalue weighted by molar-refractivity contribution is 9.10. The summed E-state index contributed by atoms with van der Waals surface area (Å²) in [6.45, 7) is 0. The monoisotopic (exact) mass is 400 g/mol. The van der Waals surface area contributed by atoms with E-state index in [0.717, 1.165) is 10.0 Å². The lowest BCUT2D eigenvalue weighted by atomic mass is 10.1. The molecule has 1 aromatic heterocycles. The van der Waals surface area contributed by atoms with Gasteiger partial charge in [-0.25, -0.2) is 0 Å². The first kappa shape index (κ1) is 15.2. The van der Waals surface area contributed by atoms with E-state index in [1.165, 1.54) is 0 Å². The first-order chi connectivity index (χ1) is 11.6. The number of Topliss-reactive ketones (excluding diaryl/α,β-unsaturated/α-hetero) is 1. The maximum atomic E-state index is 12.4.